The van der Waals surface area contributed by atoms with Crippen molar-refractivity contribution in [1.29, 1.82) is 0 Å². The molecule has 7 heteroatoms. The number of piperidine rings is 1. The second-order valence-corrected chi connectivity index (χ2v) is 6.72. The molecule has 0 radical (unpaired) electrons. The Labute approximate surface area is 125 Å². The number of nitrogens with one attached hydrogen (secondary N) is 2. The topological polar surface area (TPSA) is 58.2 Å². The highest BCUT2D eigenvalue weighted by Crippen LogP contribution is 2.21. The summed E-state index contributed by atoms with van der Waals surface area (Å²) in [5.74, 6) is 0. The van der Waals surface area contributed by atoms with Crippen molar-refractivity contribution in [2.45, 2.75) is 36.7 Å². The highest BCUT2D eigenvalue weighted by molar-refractivity contribution is 7.89. The summed E-state index contributed by atoms with van der Waals surface area (Å²) < 4.78 is 27.2. The number of rotatable bonds is 3. The van der Waals surface area contributed by atoms with Crippen molar-refractivity contribution in [3.63, 3.8) is 0 Å². The monoisotopic (exact) mass is 324 g/mol. The van der Waals surface area contributed by atoms with E-state index in [2.05, 4.69) is 17.0 Å². The van der Waals surface area contributed by atoms with Crippen molar-refractivity contribution in [2.24, 2.45) is 0 Å². The first-order valence-electron chi connectivity index (χ1n) is 5.99. The average Bonchev–Trinajstić information content (AvgIpc) is 2.28. The van der Waals surface area contributed by atoms with E-state index < -0.39 is 10.0 Å². The van der Waals surface area contributed by atoms with Crippen LogP contribution in [0.25, 0.3) is 0 Å². The molecule has 19 heavy (non-hydrogen) atoms. The van der Waals surface area contributed by atoms with Gasteiger partial charge in [-0.15, -0.1) is 12.4 Å². The molecule has 0 aromatic heterocycles. The largest absolute Gasteiger partial charge is 0.314 e. The zero-order valence-electron chi connectivity index (χ0n) is 10.6. The SMILES string of the molecule is CC1CC(NS(=O)(=O)c2ccccc2Cl)CCN1.Cl. The minimum absolute atomic E-state index is 0. The van der Waals surface area contributed by atoms with Crippen molar-refractivity contribution < 1.29 is 8.42 Å². The first kappa shape index (κ1) is 16.7. The van der Waals surface area contributed by atoms with E-state index in [-0.39, 0.29) is 28.4 Å². The van der Waals surface area contributed by atoms with E-state index in [1.54, 1.807) is 18.2 Å². The molecule has 1 aliphatic heterocycles. The molecule has 0 aliphatic carbocycles. The minimum Gasteiger partial charge on any atom is -0.314 e. The van der Waals surface area contributed by atoms with Crippen LogP contribution in [0.4, 0.5) is 0 Å². The molecule has 1 aromatic carbocycles. The molecule has 1 heterocycles. The van der Waals surface area contributed by atoms with Gasteiger partial charge in [0.2, 0.25) is 10.0 Å². The van der Waals surface area contributed by atoms with Gasteiger partial charge in [0.25, 0.3) is 0 Å². The van der Waals surface area contributed by atoms with Crippen molar-refractivity contribution in [1.82, 2.24) is 10.0 Å². The lowest BCUT2D eigenvalue weighted by Gasteiger charge is -2.28. The highest BCUT2D eigenvalue weighted by atomic mass is 35.5. The van der Waals surface area contributed by atoms with E-state index >= 15 is 0 Å². The Hall–Kier alpha value is -0.330. The third-order valence-electron chi connectivity index (χ3n) is 3.07. The summed E-state index contributed by atoms with van der Waals surface area (Å²) in [5.41, 5.74) is 0. The van der Waals surface area contributed by atoms with Crippen LogP contribution in [0.5, 0.6) is 0 Å². The molecular weight excluding hydrogens is 307 g/mol. The standard InChI is InChI=1S/C12H17ClN2O2S.ClH/c1-9-8-10(6-7-14-9)15-18(16,17)12-5-3-2-4-11(12)13;/h2-5,9-10,14-15H,6-8H2,1H3;1H. The first-order valence-corrected chi connectivity index (χ1v) is 7.85. The highest BCUT2D eigenvalue weighted by Gasteiger charge is 2.25. The van der Waals surface area contributed by atoms with Crippen molar-refractivity contribution in [3.8, 4) is 0 Å². The molecular formula is C12H18Cl2N2O2S. The van der Waals surface area contributed by atoms with Crippen LogP contribution in [0.2, 0.25) is 5.02 Å². The third-order valence-corrected chi connectivity index (χ3v) is 5.09. The van der Waals surface area contributed by atoms with Gasteiger partial charge in [-0.2, -0.15) is 0 Å². The van der Waals surface area contributed by atoms with Crippen LogP contribution in [0.1, 0.15) is 19.8 Å². The van der Waals surface area contributed by atoms with Crippen LogP contribution in [0.3, 0.4) is 0 Å². The number of hydrogen-bond acceptors (Lipinski definition) is 3. The Morgan fingerprint density at radius 2 is 2.05 bits per heavy atom. The lowest BCUT2D eigenvalue weighted by molar-refractivity contribution is 0.361. The molecule has 1 fully saturated rings. The van der Waals surface area contributed by atoms with Gasteiger partial charge in [0.15, 0.2) is 0 Å². The molecule has 1 aromatic rings. The number of benzene rings is 1. The Morgan fingerprint density at radius 3 is 2.68 bits per heavy atom. The van der Waals surface area contributed by atoms with Crippen LogP contribution in [0, 0.1) is 0 Å². The number of hydrogen-bond donors (Lipinski definition) is 2. The van der Waals surface area contributed by atoms with Crippen LogP contribution < -0.4 is 10.0 Å². The zero-order valence-corrected chi connectivity index (χ0v) is 13.0. The van der Waals surface area contributed by atoms with E-state index in [1.807, 2.05) is 0 Å². The fourth-order valence-electron chi connectivity index (χ4n) is 2.18. The molecule has 0 bridgehead atoms. The zero-order chi connectivity index (χ0) is 13.2. The van der Waals surface area contributed by atoms with Gasteiger partial charge < -0.3 is 5.32 Å². The van der Waals surface area contributed by atoms with Gasteiger partial charge in [0.1, 0.15) is 4.90 Å². The lowest BCUT2D eigenvalue weighted by atomic mass is 10.0. The predicted molar refractivity (Wildman–Crippen MR) is 79.5 cm³/mol. The molecule has 2 atom stereocenters. The molecule has 108 valence electrons. The lowest BCUT2D eigenvalue weighted by Crippen LogP contribution is -2.46. The maximum atomic E-state index is 12.2. The molecule has 0 amide bonds. The van der Waals surface area contributed by atoms with E-state index in [9.17, 15) is 8.42 Å². The number of halogens is 2. The smallest absolute Gasteiger partial charge is 0.242 e. The van der Waals surface area contributed by atoms with Crippen LogP contribution in [0.15, 0.2) is 29.2 Å². The molecule has 1 saturated heterocycles. The summed E-state index contributed by atoms with van der Waals surface area (Å²) in [4.78, 5) is 0.151. The summed E-state index contributed by atoms with van der Waals surface area (Å²) in [6, 6.07) is 6.80. The molecule has 0 spiro atoms. The summed E-state index contributed by atoms with van der Waals surface area (Å²) in [6.45, 7) is 2.88. The van der Waals surface area contributed by atoms with Gasteiger partial charge in [-0.1, -0.05) is 23.7 Å². The van der Waals surface area contributed by atoms with Gasteiger partial charge in [-0.25, -0.2) is 13.1 Å². The third kappa shape index (κ3) is 4.33. The Morgan fingerprint density at radius 1 is 1.37 bits per heavy atom. The molecule has 1 aliphatic rings. The second-order valence-electron chi connectivity index (χ2n) is 4.63. The predicted octanol–water partition coefficient (Wildman–Crippen LogP) is 2.18. The summed E-state index contributed by atoms with van der Waals surface area (Å²) in [6.07, 6.45) is 1.59. The van der Waals surface area contributed by atoms with Gasteiger partial charge in [-0.3, -0.25) is 0 Å². The second kappa shape index (κ2) is 6.90. The van der Waals surface area contributed by atoms with E-state index in [4.69, 9.17) is 11.6 Å². The molecule has 2 N–H and O–H groups in total. The maximum Gasteiger partial charge on any atom is 0.242 e. The van der Waals surface area contributed by atoms with E-state index in [1.165, 1.54) is 6.07 Å². The van der Waals surface area contributed by atoms with Gasteiger partial charge >= 0.3 is 0 Å². The van der Waals surface area contributed by atoms with Crippen LogP contribution in [-0.4, -0.2) is 27.0 Å². The van der Waals surface area contributed by atoms with E-state index in [0.717, 1.165) is 19.4 Å². The fourth-order valence-corrected chi connectivity index (χ4v) is 3.99. The van der Waals surface area contributed by atoms with Gasteiger partial charge in [-0.05, 0) is 38.4 Å². The summed E-state index contributed by atoms with van der Waals surface area (Å²) in [7, 11) is -3.52. The first-order chi connectivity index (χ1) is 8.49. The van der Waals surface area contributed by atoms with Crippen molar-refractivity contribution in [2.75, 3.05) is 6.54 Å². The quantitative estimate of drug-likeness (QED) is 0.896. The average molecular weight is 325 g/mol. The minimum atomic E-state index is -3.52. The molecule has 2 unspecified atom stereocenters. The molecule has 0 saturated carbocycles. The van der Waals surface area contributed by atoms with E-state index in [0.29, 0.717) is 6.04 Å². The van der Waals surface area contributed by atoms with Crippen molar-refractivity contribution >= 4 is 34.0 Å². The Bertz CT molecular complexity index is 522. The maximum absolute atomic E-state index is 12.2. The van der Waals surface area contributed by atoms with Gasteiger partial charge in [0, 0.05) is 12.1 Å². The fraction of sp³-hybridized carbons (Fsp3) is 0.500. The number of sulfonamides is 1. The van der Waals surface area contributed by atoms with Crippen LogP contribution in [-0.2, 0) is 10.0 Å². The van der Waals surface area contributed by atoms with Crippen LogP contribution >= 0.6 is 24.0 Å². The molecule has 4 nitrogen and oxygen atoms in total. The van der Waals surface area contributed by atoms with Gasteiger partial charge in [0.05, 0.1) is 5.02 Å². The Balaban J connectivity index is 0.00000180. The summed E-state index contributed by atoms with van der Waals surface area (Å²) in [5, 5.41) is 3.54. The summed E-state index contributed by atoms with van der Waals surface area (Å²) >= 11 is 5.92. The Kier molecular flexibility index (Phi) is 6.08. The normalized spacial score (nSPS) is 23.7. The molecule has 2 rings (SSSR count). The van der Waals surface area contributed by atoms with Crippen molar-refractivity contribution in [3.05, 3.63) is 29.3 Å².